The van der Waals surface area contributed by atoms with E-state index in [0.29, 0.717) is 13.0 Å². The van der Waals surface area contributed by atoms with Gasteiger partial charge in [-0.15, -0.1) is 0 Å². The molecule has 26 heavy (non-hydrogen) atoms. The van der Waals surface area contributed by atoms with Gasteiger partial charge in [-0.05, 0) is 61.0 Å². The lowest BCUT2D eigenvalue weighted by Crippen LogP contribution is -2.14. The first-order chi connectivity index (χ1) is 12.7. The summed E-state index contributed by atoms with van der Waals surface area (Å²) in [5.74, 6) is 2.25. The minimum Gasteiger partial charge on any atom is -0.494 e. The number of anilines is 1. The topological polar surface area (TPSA) is 47.6 Å². The molecule has 4 heteroatoms. The lowest BCUT2D eigenvalue weighted by Gasteiger charge is -2.09. The first-order valence-electron chi connectivity index (χ1n) is 8.57. The molecule has 0 heterocycles. The third-order valence-corrected chi connectivity index (χ3v) is 3.72. The number of carbonyl (C=O) groups excluding carboxylic acids is 1. The van der Waals surface area contributed by atoms with Gasteiger partial charge in [-0.25, -0.2) is 0 Å². The zero-order valence-corrected chi connectivity index (χ0v) is 14.6. The van der Waals surface area contributed by atoms with Gasteiger partial charge in [0.15, 0.2) is 0 Å². The first kappa shape index (κ1) is 17.5. The summed E-state index contributed by atoms with van der Waals surface area (Å²) in [6, 6.07) is 24.5. The van der Waals surface area contributed by atoms with E-state index in [1.165, 1.54) is 0 Å². The molecule has 0 spiro atoms. The molecular weight excluding hydrogens is 326 g/mol. The molecule has 0 aromatic heterocycles. The number of carbonyl (C=O) groups is 1. The van der Waals surface area contributed by atoms with Crippen LogP contribution >= 0.6 is 0 Å². The summed E-state index contributed by atoms with van der Waals surface area (Å²) in [5.41, 5.74) is 1.68. The Balaban J connectivity index is 1.54. The molecule has 0 saturated heterocycles. The fourth-order valence-electron chi connectivity index (χ4n) is 2.49. The van der Waals surface area contributed by atoms with Crippen LogP contribution in [-0.4, -0.2) is 12.5 Å². The van der Waals surface area contributed by atoms with Crippen LogP contribution in [0.1, 0.15) is 12.5 Å². The van der Waals surface area contributed by atoms with Crippen molar-refractivity contribution in [2.45, 2.75) is 13.3 Å². The molecule has 0 aliphatic heterocycles. The maximum Gasteiger partial charge on any atom is 0.228 e. The van der Waals surface area contributed by atoms with Gasteiger partial charge in [0.25, 0.3) is 0 Å². The van der Waals surface area contributed by atoms with Crippen molar-refractivity contribution >= 4 is 11.6 Å². The van der Waals surface area contributed by atoms with Crippen LogP contribution in [0.2, 0.25) is 0 Å². The number of hydrogen-bond donors (Lipinski definition) is 1. The van der Waals surface area contributed by atoms with Crippen molar-refractivity contribution in [2.75, 3.05) is 11.9 Å². The van der Waals surface area contributed by atoms with Gasteiger partial charge in [-0.3, -0.25) is 4.79 Å². The maximum absolute atomic E-state index is 12.2. The Morgan fingerprint density at radius 3 is 2.08 bits per heavy atom. The Morgan fingerprint density at radius 2 is 1.42 bits per heavy atom. The highest BCUT2D eigenvalue weighted by Gasteiger charge is 2.05. The van der Waals surface area contributed by atoms with Crippen LogP contribution in [-0.2, 0) is 11.2 Å². The van der Waals surface area contributed by atoms with Crippen molar-refractivity contribution in [3.63, 3.8) is 0 Å². The highest BCUT2D eigenvalue weighted by molar-refractivity contribution is 5.92. The standard InChI is InChI=1S/C22H21NO3/c1-2-25-19-12-8-17(9-13-19)16-22(24)23-18-10-14-21(15-11-18)26-20-6-4-3-5-7-20/h3-15H,2,16H2,1H3,(H,23,24). The molecule has 3 aromatic carbocycles. The summed E-state index contributed by atoms with van der Waals surface area (Å²) in [6.07, 6.45) is 0.314. The molecule has 1 N–H and O–H groups in total. The normalized spacial score (nSPS) is 10.2. The molecule has 0 bridgehead atoms. The highest BCUT2D eigenvalue weighted by Crippen LogP contribution is 2.22. The third kappa shape index (κ3) is 5.11. The Morgan fingerprint density at radius 1 is 0.808 bits per heavy atom. The molecule has 0 unspecified atom stereocenters. The van der Waals surface area contributed by atoms with E-state index in [-0.39, 0.29) is 5.91 Å². The SMILES string of the molecule is CCOc1ccc(CC(=O)Nc2ccc(Oc3ccccc3)cc2)cc1. The number of ether oxygens (including phenoxy) is 2. The molecule has 3 aromatic rings. The van der Waals surface area contributed by atoms with Crippen LogP contribution in [0, 0.1) is 0 Å². The second-order valence-corrected chi connectivity index (χ2v) is 5.74. The average molecular weight is 347 g/mol. The van der Waals surface area contributed by atoms with Crippen molar-refractivity contribution < 1.29 is 14.3 Å². The van der Waals surface area contributed by atoms with Crippen LogP contribution in [0.15, 0.2) is 78.9 Å². The van der Waals surface area contributed by atoms with E-state index in [9.17, 15) is 4.79 Å². The van der Waals surface area contributed by atoms with Crippen molar-refractivity contribution in [2.24, 2.45) is 0 Å². The van der Waals surface area contributed by atoms with E-state index in [1.54, 1.807) is 0 Å². The number of amides is 1. The Bertz CT molecular complexity index is 828. The summed E-state index contributed by atoms with van der Waals surface area (Å²) in [5, 5.41) is 2.90. The Kier molecular flexibility index (Phi) is 5.88. The number of nitrogens with one attached hydrogen (secondary N) is 1. The van der Waals surface area contributed by atoms with Gasteiger partial charge in [0.2, 0.25) is 5.91 Å². The van der Waals surface area contributed by atoms with Gasteiger partial charge in [0.05, 0.1) is 13.0 Å². The van der Waals surface area contributed by atoms with Gasteiger partial charge < -0.3 is 14.8 Å². The molecule has 0 saturated carbocycles. The summed E-state index contributed by atoms with van der Waals surface area (Å²) >= 11 is 0. The Hall–Kier alpha value is -3.27. The van der Waals surface area contributed by atoms with Crippen LogP contribution in [0.4, 0.5) is 5.69 Å². The average Bonchev–Trinajstić information content (AvgIpc) is 2.66. The summed E-state index contributed by atoms with van der Waals surface area (Å²) in [6.45, 7) is 2.57. The van der Waals surface area contributed by atoms with Gasteiger partial charge in [-0.2, -0.15) is 0 Å². The highest BCUT2D eigenvalue weighted by atomic mass is 16.5. The van der Waals surface area contributed by atoms with Crippen LogP contribution in [0.25, 0.3) is 0 Å². The minimum atomic E-state index is -0.0640. The van der Waals surface area contributed by atoms with Crippen molar-refractivity contribution in [1.29, 1.82) is 0 Å². The lowest BCUT2D eigenvalue weighted by atomic mass is 10.1. The Labute approximate surface area is 153 Å². The van der Waals surface area contributed by atoms with Crippen LogP contribution in [0.3, 0.4) is 0 Å². The van der Waals surface area contributed by atoms with Gasteiger partial charge in [-0.1, -0.05) is 30.3 Å². The quantitative estimate of drug-likeness (QED) is 0.650. The van der Waals surface area contributed by atoms with Crippen molar-refractivity contribution in [1.82, 2.24) is 0 Å². The van der Waals surface area contributed by atoms with E-state index in [2.05, 4.69) is 5.32 Å². The minimum absolute atomic E-state index is 0.0640. The monoisotopic (exact) mass is 347 g/mol. The largest absolute Gasteiger partial charge is 0.494 e. The van der Waals surface area contributed by atoms with E-state index < -0.39 is 0 Å². The molecule has 0 atom stereocenters. The second kappa shape index (κ2) is 8.72. The molecular formula is C22H21NO3. The molecule has 0 fully saturated rings. The molecule has 132 valence electrons. The second-order valence-electron chi connectivity index (χ2n) is 5.74. The van der Waals surface area contributed by atoms with Crippen molar-refractivity contribution in [3.05, 3.63) is 84.4 Å². The van der Waals surface area contributed by atoms with E-state index in [4.69, 9.17) is 9.47 Å². The zero-order chi connectivity index (χ0) is 18.2. The number of para-hydroxylation sites is 1. The number of rotatable bonds is 7. The summed E-state index contributed by atoms with van der Waals surface area (Å²) in [4.78, 5) is 12.2. The maximum atomic E-state index is 12.2. The fraction of sp³-hybridized carbons (Fsp3) is 0.136. The summed E-state index contributed by atoms with van der Waals surface area (Å²) in [7, 11) is 0. The lowest BCUT2D eigenvalue weighted by molar-refractivity contribution is -0.115. The zero-order valence-electron chi connectivity index (χ0n) is 14.6. The molecule has 0 aliphatic rings. The van der Waals surface area contributed by atoms with Gasteiger partial charge in [0, 0.05) is 5.69 Å². The van der Waals surface area contributed by atoms with Crippen molar-refractivity contribution in [3.8, 4) is 17.2 Å². The van der Waals surface area contributed by atoms with E-state index in [1.807, 2.05) is 85.8 Å². The molecule has 4 nitrogen and oxygen atoms in total. The summed E-state index contributed by atoms with van der Waals surface area (Å²) < 4.78 is 11.1. The first-order valence-corrected chi connectivity index (χ1v) is 8.57. The molecule has 3 rings (SSSR count). The molecule has 0 aliphatic carbocycles. The molecule has 1 amide bonds. The third-order valence-electron chi connectivity index (χ3n) is 3.72. The predicted molar refractivity (Wildman–Crippen MR) is 103 cm³/mol. The smallest absolute Gasteiger partial charge is 0.228 e. The number of hydrogen-bond acceptors (Lipinski definition) is 3. The number of benzene rings is 3. The van der Waals surface area contributed by atoms with Crippen LogP contribution < -0.4 is 14.8 Å². The fourth-order valence-corrected chi connectivity index (χ4v) is 2.49. The predicted octanol–water partition coefficient (Wildman–Crippen LogP) is 5.06. The molecule has 0 radical (unpaired) electrons. The van der Waals surface area contributed by atoms with Crippen LogP contribution in [0.5, 0.6) is 17.2 Å². The van der Waals surface area contributed by atoms with Gasteiger partial charge in [0.1, 0.15) is 17.2 Å². The van der Waals surface area contributed by atoms with E-state index in [0.717, 1.165) is 28.5 Å². The van der Waals surface area contributed by atoms with Gasteiger partial charge >= 0.3 is 0 Å². The van der Waals surface area contributed by atoms with E-state index >= 15 is 0 Å².